The summed E-state index contributed by atoms with van der Waals surface area (Å²) in [6.07, 6.45) is 1.40. The molecule has 19 heavy (non-hydrogen) atoms. The van der Waals surface area contributed by atoms with E-state index in [1.807, 2.05) is 0 Å². The van der Waals surface area contributed by atoms with Crippen LogP contribution in [0.3, 0.4) is 0 Å². The van der Waals surface area contributed by atoms with E-state index in [-0.39, 0.29) is 32.2 Å². The van der Waals surface area contributed by atoms with Crippen molar-refractivity contribution in [2.45, 2.75) is 18.1 Å². The maximum Gasteiger partial charge on any atom is 0.218 e. The molecule has 5 fully saturated rings. The minimum atomic E-state index is -0.938. The smallest absolute Gasteiger partial charge is 0.218 e. The first-order chi connectivity index (χ1) is 9.00. The van der Waals surface area contributed by atoms with Gasteiger partial charge in [0.05, 0.1) is 16.2 Å². The minimum Gasteiger partial charge on any atom is -0.359 e. The molecule has 6 atom stereocenters. The molecule has 0 aromatic carbocycles. The molecule has 1 saturated heterocycles. The maximum absolute atomic E-state index is 11.9. The minimum absolute atomic E-state index is 0.0435. The van der Waals surface area contributed by atoms with Gasteiger partial charge in [0.1, 0.15) is 15.7 Å². The van der Waals surface area contributed by atoms with Gasteiger partial charge in [0.2, 0.25) is 5.78 Å². The van der Waals surface area contributed by atoms with Crippen molar-refractivity contribution in [3.8, 4) is 0 Å². The molecule has 5 aliphatic carbocycles. The van der Waals surface area contributed by atoms with Crippen LogP contribution in [0, 0.1) is 29.6 Å². The molecule has 4 saturated carbocycles. The summed E-state index contributed by atoms with van der Waals surface area (Å²) < 4.78 is 6.21. The molecular weight excluding hydrogens is 330 g/mol. The molecular formula is C13H8Cl4O2. The van der Waals surface area contributed by atoms with Crippen LogP contribution in [0.5, 0.6) is 0 Å². The third-order valence-corrected chi connectivity index (χ3v) is 7.60. The van der Waals surface area contributed by atoms with Gasteiger partial charge >= 0.3 is 0 Å². The van der Waals surface area contributed by atoms with Gasteiger partial charge in [-0.05, 0) is 30.1 Å². The lowest BCUT2D eigenvalue weighted by Gasteiger charge is -2.39. The van der Waals surface area contributed by atoms with Crippen molar-refractivity contribution >= 4 is 52.2 Å². The van der Waals surface area contributed by atoms with Crippen LogP contribution in [-0.2, 0) is 9.53 Å². The molecule has 0 aromatic heterocycles. The molecule has 0 unspecified atom stereocenters. The van der Waals surface area contributed by atoms with Crippen LogP contribution >= 0.6 is 46.4 Å². The van der Waals surface area contributed by atoms with Gasteiger partial charge in [0.25, 0.3) is 0 Å². The summed E-state index contributed by atoms with van der Waals surface area (Å²) in [5, 5.41) is 0.380. The molecule has 1 aliphatic heterocycles. The number of ether oxygens (including phenoxy) is 1. The molecule has 0 N–H and O–H groups in total. The van der Waals surface area contributed by atoms with Gasteiger partial charge in [-0.1, -0.05) is 46.4 Å². The van der Waals surface area contributed by atoms with Crippen LogP contribution in [0.15, 0.2) is 20.1 Å². The first-order valence-corrected chi connectivity index (χ1v) is 7.85. The largest absolute Gasteiger partial charge is 0.359 e. The Bertz CT molecular complexity index is 594. The number of ketones is 1. The summed E-state index contributed by atoms with van der Waals surface area (Å²) in [6, 6.07) is 0. The number of rotatable bonds is 0. The van der Waals surface area contributed by atoms with Crippen LogP contribution in [-0.4, -0.2) is 17.5 Å². The van der Waals surface area contributed by atoms with Crippen LogP contribution in [0.4, 0.5) is 0 Å². The fourth-order valence-corrected chi connectivity index (χ4v) is 6.50. The van der Waals surface area contributed by atoms with Crippen molar-refractivity contribution in [2.24, 2.45) is 29.6 Å². The van der Waals surface area contributed by atoms with Crippen molar-refractivity contribution in [3.05, 3.63) is 20.1 Å². The molecule has 6 aliphatic rings. The second-order valence-electron chi connectivity index (χ2n) is 6.15. The van der Waals surface area contributed by atoms with Crippen molar-refractivity contribution in [3.63, 3.8) is 0 Å². The van der Waals surface area contributed by atoms with Gasteiger partial charge in [0, 0.05) is 5.92 Å². The monoisotopic (exact) mass is 336 g/mol. The van der Waals surface area contributed by atoms with E-state index in [9.17, 15) is 4.79 Å². The maximum atomic E-state index is 11.9. The lowest BCUT2D eigenvalue weighted by Crippen LogP contribution is -2.44. The molecule has 6 bridgehead atoms. The molecule has 2 nitrogen and oxygen atoms in total. The Hall–Kier alpha value is 0.270. The van der Waals surface area contributed by atoms with E-state index in [2.05, 4.69) is 0 Å². The average molecular weight is 338 g/mol. The van der Waals surface area contributed by atoms with Crippen molar-refractivity contribution in [1.82, 2.24) is 0 Å². The van der Waals surface area contributed by atoms with Gasteiger partial charge in [-0.2, -0.15) is 0 Å². The Kier molecular flexibility index (Phi) is 2.00. The van der Waals surface area contributed by atoms with Crippen molar-refractivity contribution in [2.75, 3.05) is 0 Å². The van der Waals surface area contributed by atoms with Gasteiger partial charge < -0.3 is 4.74 Å². The van der Waals surface area contributed by atoms with Crippen molar-refractivity contribution in [1.29, 1.82) is 0 Å². The Balaban J connectivity index is 1.75. The zero-order valence-corrected chi connectivity index (χ0v) is 12.5. The predicted molar refractivity (Wildman–Crippen MR) is 72.1 cm³/mol. The molecule has 100 valence electrons. The first-order valence-electron chi connectivity index (χ1n) is 6.34. The Labute approximate surface area is 129 Å². The summed E-state index contributed by atoms with van der Waals surface area (Å²) in [4.78, 5) is 11.9. The summed E-state index contributed by atoms with van der Waals surface area (Å²) in [6.45, 7) is 0. The topological polar surface area (TPSA) is 26.3 Å². The highest BCUT2D eigenvalue weighted by Crippen LogP contribution is 2.82. The second kappa shape index (κ2) is 3.20. The number of allylic oxidation sites excluding steroid dienone is 2. The van der Waals surface area contributed by atoms with Gasteiger partial charge in [-0.15, -0.1) is 0 Å². The zero-order valence-electron chi connectivity index (χ0n) is 9.50. The summed E-state index contributed by atoms with van der Waals surface area (Å²) in [5.74, 6) is 2.27. The standard InChI is InChI=1S/C13H8Cl4O2/c14-7-9(18)8(15)12(17)13(11(7)16)6-3-1-2-4(6)5(2)10(3)19-13/h2-6,10H,1H2/t2-,3+,4+,5-,6+,10-/m0/s1. The van der Waals surface area contributed by atoms with E-state index < -0.39 is 11.4 Å². The van der Waals surface area contributed by atoms with Crippen LogP contribution in [0.1, 0.15) is 6.42 Å². The zero-order chi connectivity index (χ0) is 13.3. The third kappa shape index (κ3) is 1.01. The number of hydrogen-bond donors (Lipinski definition) is 0. The highest BCUT2D eigenvalue weighted by Gasteiger charge is 2.84. The fourth-order valence-electron chi connectivity index (χ4n) is 5.23. The van der Waals surface area contributed by atoms with E-state index in [1.165, 1.54) is 6.42 Å². The fraction of sp³-hybridized carbons (Fsp3) is 0.615. The third-order valence-electron chi connectivity index (χ3n) is 5.74. The van der Waals surface area contributed by atoms with Crippen molar-refractivity contribution < 1.29 is 9.53 Å². The van der Waals surface area contributed by atoms with E-state index in [0.29, 0.717) is 17.8 Å². The quantitative estimate of drug-likeness (QED) is 0.675. The summed E-state index contributed by atoms with van der Waals surface area (Å²) in [5.41, 5.74) is -0.938. The predicted octanol–water partition coefficient (Wildman–Crippen LogP) is 3.60. The van der Waals surface area contributed by atoms with Crippen LogP contribution < -0.4 is 0 Å². The number of Topliss-reactive ketones (excluding diaryl/α,β-unsaturated/α-hetero) is 1. The highest BCUT2D eigenvalue weighted by molar-refractivity contribution is 6.61. The SMILES string of the molecule is O=C1C(Cl)=C(Cl)C2(O[C@H]3[C@@H]4C[C@@H]5[C@H]3[C@@H]5[C@@H]42)C(Cl)=C1Cl. The molecule has 0 radical (unpaired) electrons. The molecule has 1 spiro atoms. The van der Waals surface area contributed by atoms with E-state index in [4.69, 9.17) is 51.1 Å². The number of halogens is 4. The molecule has 0 aromatic rings. The lowest BCUT2D eigenvalue weighted by molar-refractivity contribution is -0.112. The molecule has 6 heteroatoms. The average Bonchev–Trinajstić information content (AvgIpc) is 2.78. The first kappa shape index (κ1) is 11.9. The second-order valence-corrected chi connectivity index (χ2v) is 7.66. The van der Waals surface area contributed by atoms with E-state index in [0.717, 1.165) is 5.92 Å². The van der Waals surface area contributed by atoms with Gasteiger partial charge in [0.15, 0.2) is 0 Å². The van der Waals surface area contributed by atoms with Crippen LogP contribution in [0.2, 0.25) is 0 Å². The Morgan fingerprint density at radius 2 is 1.63 bits per heavy atom. The van der Waals surface area contributed by atoms with E-state index in [1.54, 1.807) is 0 Å². The Morgan fingerprint density at radius 3 is 2.11 bits per heavy atom. The van der Waals surface area contributed by atoms with Gasteiger partial charge in [-0.25, -0.2) is 0 Å². The normalized spacial score (nSPS) is 51.9. The molecule has 1 heterocycles. The van der Waals surface area contributed by atoms with E-state index >= 15 is 0 Å². The number of carbonyl (C=O) groups excluding carboxylic acids is 1. The summed E-state index contributed by atoms with van der Waals surface area (Å²) in [7, 11) is 0. The number of hydrogen-bond acceptors (Lipinski definition) is 2. The Morgan fingerprint density at radius 1 is 1.00 bits per heavy atom. The van der Waals surface area contributed by atoms with Crippen LogP contribution in [0.25, 0.3) is 0 Å². The highest BCUT2D eigenvalue weighted by atomic mass is 35.5. The van der Waals surface area contributed by atoms with Gasteiger partial charge in [-0.3, -0.25) is 4.79 Å². The molecule has 0 amide bonds. The molecule has 6 rings (SSSR count). The lowest BCUT2D eigenvalue weighted by atomic mass is 9.79. The number of carbonyl (C=O) groups is 1. The summed E-state index contributed by atoms with van der Waals surface area (Å²) >= 11 is 24.8.